The summed E-state index contributed by atoms with van der Waals surface area (Å²) < 4.78 is 9.90. The molecule has 2 rings (SSSR count). The second kappa shape index (κ2) is 6.75. The summed E-state index contributed by atoms with van der Waals surface area (Å²) in [5.74, 6) is 1.15. The lowest BCUT2D eigenvalue weighted by Gasteiger charge is -2.16. The summed E-state index contributed by atoms with van der Waals surface area (Å²) in [5.41, 5.74) is 8.90. The third-order valence-electron chi connectivity index (χ3n) is 4.10. The van der Waals surface area contributed by atoms with Crippen LogP contribution < -0.4 is 10.5 Å². The maximum Gasteiger partial charge on any atom is 0.305 e. The normalized spacial score (nSPS) is 20.6. The van der Waals surface area contributed by atoms with Crippen LogP contribution in [-0.2, 0) is 16.0 Å². The number of nitrogens with two attached hydrogens (primary N) is 1. The SMILES string of the molecule is COC(=O)CCCCC1c2ccc(OC)cc2CC1N. The smallest absolute Gasteiger partial charge is 0.305 e. The van der Waals surface area contributed by atoms with Gasteiger partial charge in [0.15, 0.2) is 0 Å². The molecule has 20 heavy (non-hydrogen) atoms. The van der Waals surface area contributed by atoms with Gasteiger partial charge in [0.05, 0.1) is 14.2 Å². The van der Waals surface area contributed by atoms with E-state index in [9.17, 15) is 4.79 Å². The highest BCUT2D eigenvalue weighted by Crippen LogP contribution is 2.37. The lowest BCUT2D eigenvalue weighted by molar-refractivity contribution is -0.140. The molecule has 0 aromatic heterocycles. The van der Waals surface area contributed by atoms with Gasteiger partial charge in [0.25, 0.3) is 0 Å². The first kappa shape index (κ1) is 14.9. The topological polar surface area (TPSA) is 61.5 Å². The molecule has 0 saturated carbocycles. The molecule has 0 radical (unpaired) electrons. The molecular formula is C16H23NO3. The number of methoxy groups -OCH3 is 2. The van der Waals surface area contributed by atoms with E-state index >= 15 is 0 Å². The van der Waals surface area contributed by atoms with E-state index in [0.717, 1.165) is 31.4 Å². The second-order valence-corrected chi connectivity index (χ2v) is 5.36. The summed E-state index contributed by atoms with van der Waals surface area (Å²) in [6, 6.07) is 6.39. The number of esters is 1. The van der Waals surface area contributed by atoms with Gasteiger partial charge in [-0.05, 0) is 48.4 Å². The molecule has 1 aromatic rings. The number of rotatable bonds is 6. The Morgan fingerprint density at radius 1 is 1.35 bits per heavy atom. The highest BCUT2D eigenvalue weighted by molar-refractivity contribution is 5.68. The fourth-order valence-corrected chi connectivity index (χ4v) is 2.98. The van der Waals surface area contributed by atoms with Crippen LogP contribution in [0, 0.1) is 0 Å². The first-order chi connectivity index (χ1) is 9.65. The van der Waals surface area contributed by atoms with Crippen LogP contribution in [0.15, 0.2) is 18.2 Å². The van der Waals surface area contributed by atoms with E-state index < -0.39 is 0 Å². The average Bonchev–Trinajstić information content (AvgIpc) is 2.77. The van der Waals surface area contributed by atoms with E-state index in [0.29, 0.717) is 12.3 Å². The van der Waals surface area contributed by atoms with Crippen molar-refractivity contribution in [3.63, 3.8) is 0 Å². The van der Waals surface area contributed by atoms with Crippen molar-refractivity contribution in [1.82, 2.24) is 0 Å². The molecule has 2 unspecified atom stereocenters. The number of hydrogen-bond donors (Lipinski definition) is 1. The molecule has 0 fully saturated rings. The number of ether oxygens (including phenoxy) is 2. The van der Waals surface area contributed by atoms with Crippen LogP contribution in [0.4, 0.5) is 0 Å². The maximum atomic E-state index is 11.1. The highest BCUT2D eigenvalue weighted by Gasteiger charge is 2.29. The third kappa shape index (κ3) is 3.31. The predicted molar refractivity (Wildman–Crippen MR) is 77.9 cm³/mol. The number of hydrogen-bond acceptors (Lipinski definition) is 4. The monoisotopic (exact) mass is 277 g/mol. The zero-order chi connectivity index (χ0) is 14.5. The van der Waals surface area contributed by atoms with Gasteiger partial charge < -0.3 is 15.2 Å². The van der Waals surface area contributed by atoms with Crippen LogP contribution >= 0.6 is 0 Å². The lowest BCUT2D eigenvalue weighted by atomic mass is 9.92. The molecule has 0 bridgehead atoms. The quantitative estimate of drug-likeness (QED) is 0.640. The highest BCUT2D eigenvalue weighted by atomic mass is 16.5. The summed E-state index contributed by atoms with van der Waals surface area (Å²) in [4.78, 5) is 11.1. The van der Waals surface area contributed by atoms with E-state index in [1.165, 1.54) is 18.2 Å². The summed E-state index contributed by atoms with van der Waals surface area (Å²) >= 11 is 0. The number of benzene rings is 1. The van der Waals surface area contributed by atoms with Gasteiger partial charge in [0.1, 0.15) is 5.75 Å². The Bertz CT molecular complexity index is 473. The summed E-state index contributed by atoms with van der Waals surface area (Å²) in [6.45, 7) is 0. The Morgan fingerprint density at radius 3 is 2.85 bits per heavy atom. The number of carbonyl (C=O) groups is 1. The van der Waals surface area contributed by atoms with Gasteiger partial charge in [0.2, 0.25) is 0 Å². The molecule has 1 aromatic carbocycles. The Balaban J connectivity index is 1.92. The zero-order valence-electron chi connectivity index (χ0n) is 12.2. The van der Waals surface area contributed by atoms with Crippen molar-refractivity contribution in [3.05, 3.63) is 29.3 Å². The number of carbonyl (C=O) groups excluding carboxylic acids is 1. The second-order valence-electron chi connectivity index (χ2n) is 5.36. The van der Waals surface area contributed by atoms with Crippen molar-refractivity contribution in [1.29, 1.82) is 0 Å². The molecular weight excluding hydrogens is 254 g/mol. The molecule has 0 heterocycles. The maximum absolute atomic E-state index is 11.1. The fraction of sp³-hybridized carbons (Fsp3) is 0.562. The molecule has 0 amide bonds. The minimum absolute atomic E-state index is 0.133. The van der Waals surface area contributed by atoms with E-state index in [2.05, 4.69) is 16.9 Å². The van der Waals surface area contributed by atoms with E-state index in [1.807, 2.05) is 6.07 Å². The predicted octanol–water partition coefficient (Wildman–Crippen LogP) is 2.40. The van der Waals surface area contributed by atoms with Crippen LogP contribution in [0.1, 0.15) is 42.7 Å². The molecule has 1 aliphatic carbocycles. The summed E-state index contributed by atoms with van der Waals surface area (Å²) in [6.07, 6.45) is 4.29. The molecule has 2 atom stereocenters. The van der Waals surface area contributed by atoms with Gasteiger partial charge in [-0.25, -0.2) is 0 Å². The standard InChI is InChI=1S/C16H23NO3/c1-19-12-7-8-13-11(9-12)10-15(17)14(13)5-3-4-6-16(18)20-2/h7-9,14-15H,3-6,10,17H2,1-2H3. The van der Waals surface area contributed by atoms with Crippen molar-refractivity contribution in [2.75, 3.05) is 14.2 Å². The largest absolute Gasteiger partial charge is 0.497 e. The van der Waals surface area contributed by atoms with E-state index in [1.54, 1.807) is 7.11 Å². The lowest BCUT2D eigenvalue weighted by Crippen LogP contribution is -2.24. The van der Waals surface area contributed by atoms with Gasteiger partial charge in [-0.15, -0.1) is 0 Å². The number of fused-ring (bicyclic) bond motifs is 1. The average molecular weight is 277 g/mol. The van der Waals surface area contributed by atoms with Crippen molar-refractivity contribution in [2.24, 2.45) is 5.73 Å². The molecule has 0 spiro atoms. The minimum atomic E-state index is -0.133. The molecule has 4 nitrogen and oxygen atoms in total. The Kier molecular flexibility index (Phi) is 5.01. The van der Waals surface area contributed by atoms with Crippen LogP contribution in [0.2, 0.25) is 0 Å². The molecule has 4 heteroatoms. The molecule has 110 valence electrons. The van der Waals surface area contributed by atoms with Gasteiger partial charge in [-0.2, -0.15) is 0 Å². The molecule has 2 N–H and O–H groups in total. The molecule has 0 aliphatic heterocycles. The summed E-state index contributed by atoms with van der Waals surface area (Å²) in [7, 11) is 3.11. The number of unbranched alkanes of at least 4 members (excludes halogenated alkanes) is 1. The van der Waals surface area contributed by atoms with Crippen molar-refractivity contribution >= 4 is 5.97 Å². The first-order valence-electron chi connectivity index (χ1n) is 7.15. The Morgan fingerprint density at radius 2 is 2.15 bits per heavy atom. The molecule has 1 aliphatic rings. The van der Waals surface area contributed by atoms with E-state index in [4.69, 9.17) is 10.5 Å². The first-order valence-corrected chi connectivity index (χ1v) is 7.15. The van der Waals surface area contributed by atoms with Crippen molar-refractivity contribution in [2.45, 2.75) is 44.1 Å². The Labute approximate surface area is 120 Å². The zero-order valence-corrected chi connectivity index (χ0v) is 12.2. The van der Waals surface area contributed by atoms with E-state index in [-0.39, 0.29) is 12.0 Å². The molecule has 0 saturated heterocycles. The van der Waals surface area contributed by atoms with Crippen LogP contribution in [-0.4, -0.2) is 26.2 Å². The van der Waals surface area contributed by atoms with Crippen LogP contribution in [0.3, 0.4) is 0 Å². The van der Waals surface area contributed by atoms with Crippen LogP contribution in [0.25, 0.3) is 0 Å². The van der Waals surface area contributed by atoms with Crippen molar-refractivity contribution in [3.8, 4) is 5.75 Å². The van der Waals surface area contributed by atoms with Crippen molar-refractivity contribution < 1.29 is 14.3 Å². The van der Waals surface area contributed by atoms with Gasteiger partial charge in [0, 0.05) is 12.5 Å². The van der Waals surface area contributed by atoms with Gasteiger partial charge in [-0.1, -0.05) is 12.5 Å². The van der Waals surface area contributed by atoms with Crippen LogP contribution in [0.5, 0.6) is 5.75 Å². The minimum Gasteiger partial charge on any atom is -0.497 e. The van der Waals surface area contributed by atoms with Gasteiger partial charge >= 0.3 is 5.97 Å². The van der Waals surface area contributed by atoms with Gasteiger partial charge in [-0.3, -0.25) is 4.79 Å². The third-order valence-corrected chi connectivity index (χ3v) is 4.10. The fourth-order valence-electron chi connectivity index (χ4n) is 2.98. The summed E-state index contributed by atoms with van der Waals surface area (Å²) in [5, 5.41) is 0. The Hall–Kier alpha value is -1.55.